The molecule has 0 radical (unpaired) electrons. The number of anilines is 1. The van der Waals surface area contributed by atoms with Gasteiger partial charge in [-0.05, 0) is 43.3 Å². The number of nitrogens with zero attached hydrogens (tertiary/aromatic N) is 1. The van der Waals surface area contributed by atoms with Crippen LogP contribution in [-0.4, -0.2) is 10.5 Å². The van der Waals surface area contributed by atoms with E-state index >= 15 is 0 Å². The highest BCUT2D eigenvalue weighted by atomic mass is 32.1. The number of benzene rings is 2. The van der Waals surface area contributed by atoms with Gasteiger partial charge in [0.25, 0.3) is 11.5 Å². The molecule has 2 heterocycles. The summed E-state index contributed by atoms with van der Waals surface area (Å²) in [7, 11) is 0. The first-order valence-corrected chi connectivity index (χ1v) is 9.02. The summed E-state index contributed by atoms with van der Waals surface area (Å²) >= 11 is 1.29. The van der Waals surface area contributed by atoms with Crippen LogP contribution in [0, 0.1) is 5.82 Å². The van der Waals surface area contributed by atoms with Gasteiger partial charge < -0.3 is 9.88 Å². The zero-order chi connectivity index (χ0) is 18.3. The Kier molecular flexibility index (Phi) is 4.05. The van der Waals surface area contributed by atoms with Crippen LogP contribution in [0.4, 0.5) is 10.1 Å². The number of hydrogen-bond acceptors (Lipinski definition) is 3. The van der Waals surface area contributed by atoms with E-state index in [0.29, 0.717) is 22.5 Å². The van der Waals surface area contributed by atoms with Crippen molar-refractivity contribution in [2.75, 3.05) is 5.32 Å². The minimum absolute atomic E-state index is 0.0988. The Bertz CT molecular complexity index is 1190. The quantitative estimate of drug-likeness (QED) is 0.575. The van der Waals surface area contributed by atoms with Gasteiger partial charge in [0.2, 0.25) is 0 Å². The van der Waals surface area contributed by atoms with Gasteiger partial charge >= 0.3 is 0 Å². The highest BCUT2D eigenvalue weighted by Gasteiger charge is 2.17. The van der Waals surface area contributed by atoms with E-state index in [2.05, 4.69) is 5.32 Å². The molecule has 4 nitrogen and oxygen atoms in total. The predicted molar refractivity (Wildman–Crippen MR) is 104 cm³/mol. The van der Waals surface area contributed by atoms with Crippen LogP contribution in [0.1, 0.15) is 16.6 Å². The van der Waals surface area contributed by atoms with Gasteiger partial charge in [0.15, 0.2) is 0 Å². The highest BCUT2D eigenvalue weighted by Crippen LogP contribution is 2.31. The summed E-state index contributed by atoms with van der Waals surface area (Å²) in [5.74, 6) is -0.680. The molecule has 4 rings (SSSR count). The first-order valence-electron chi connectivity index (χ1n) is 8.20. The molecule has 0 atom stereocenters. The second-order valence-electron chi connectivity index (χ2n) is 5.88. The SMILES string of the molecule is CCn1c(=O)c2cc(C(=O)Nc3ccc(F)cc3)sc2c2ccccc21. The average molecular weight is 366 g/mol. The molecule has 0 unspecified atom stereocenters. The molecule has 0 saturated heterocycles. The zero-order valence-corrected chi connectivity index (χ0v) is 14.8. The van der Waals surface area contributed by atoms with Crippen molar-refractivity contribution in [3.8, 4) is 0 Å². The summed E-state index contributed by atoms with van der Waals surface area (Å²) in [4.78, 5) is 25.8. The first-order chi connectivity index (χ1) is 12.6. The molecule has 2 aromatic carbocycles. The van der Waals surface area contributed by atoms with E-state index in [9.17, 15) is 14.0 Å². The van der Waals surface area contributed by atoms with Crippen molar-refractivity contribution in [1.82, 2.24) is 4.57 Å². The summed E-state index contributed by atoms with van der Waals surface area (Å²) in [5.41, 5.74) is 1.27. The maximum Gasteiger partial charge on any atom is 0.265 e. The summed E-state index contributed by atoms with van der Waals surface area (Å²) < 4.78 is 15.5. The van der Waals surface area contributed by atoms with E-state index < -0.39 is 0 Å². The molecular formula is C20H15FN2O2S. The molecule has 0 bridgehead atoms. The van der Waals surface area contributed by atoms with Gasteiger partial charge in [-0.3, -0.25) is 9.59 Å². The van der Waals surface area contributed by atoms with Crippen LogP contribution in [0.3, 0.4) is 0 Å². The maximum atomic E-state index is 13.0. The number of nitrogens with one attached hydrogen (secondary N) is 1. The first kappa shape index (κ1) is 16.5. The van der Waals surface area contributed by atoms with Crippen molar-refractivity contribution >= 4 is 43.9 Å². The molecule has 2 aromatic heterocycles. The van der Waals surface area contributed by atoms with Crippen LogP contribution in [0.5, 0.6) is 0 Å². The number of carbonyl (C=O) groups is 1. The molecule has 0 saturated carbocycles. The van der Waals surface area contributed by atoms with Crippen molar-refractivity contribution in [3.63, 3.8) is 0 Å². The van der Waals surface area contributed by atoms with Gasteiger partial charge in [0.1, 0.15) is 5.82 Å². The number of amides is 1. The largest absolute Gasteiger partial charge is 0.321 e. The molecule has 0 aliphatic rings. The third-order valence-corrected chi connectivity index (χ3v) is 5.46. The lowest BCUT2D eigenvalue weighted by molar-refractivity contribution is 0.103. The molecule has 130 valence electrons. The maximum absolute atomic E-state index is 13.0. The molecule has 0 spiro atoms. The summed E-state index contributed by atoms with van der Waals surface area (Å²) in [6.45, 7) is 2.48. The number of rotatable bonds is 3. The number of aryl methyl sites for hydroxylation is 1. The third kappa shape index (κ3) is 2.68. The van der Waals surface area contributed by atoms with Crippen molar-refractivity contribution in [2.24, 2.45) is 0 Å². The number of pyridine rings is 1. The van der Waals surface area contributed by atoms with Crippen molar-refractivity contribution in [3.05, 3.63) is 75.6 Å². The van der Waals surface area contributed by atoms with E-state index in [-0.39, 0.29) is 17.3 Å². The minimum Gasteiger partial charge on any atom is -0.321 e. The lowest BCUT2D eigenvalue weighted by Crippen LogP contribution is -2.19. The standard InChI is InChI=1S/C20H15FN2O2S/c1-2-23-16-6-4-3-5-14(16)18-15(20(23)25)11-17(26-18)19(24)22-13-9-7-12(21)8-10-13/h3-11H,2H2,1H3,(H,22,24). The second kappa shape index (κ2) is 6.38. The lowest BCUT2D eigenvalue weighted by Gasteiger charge is -2.08. The number of hydrogen-bond donors (Lipinski definition) is 1. The van der Waals surface area contributed by atoms with Gasteiger partial charge in [-0.25, -0.2) is 4.39 Å². The minimum atomic E-state index is -0.364. The summed E-state index contributed by atoms with van der Waals surface area (Å²) in [5, 5.41) is 4.23. The Balaban J connectivity index is 1.83. The number of halogens is 1. The Morgan fingerprint density at radius 3 is 2.58 bits per heavy atom. The van der Waals surface area contributed by atoms with Crippen LogP contribution < -0.4 is 10.9 Å². The smallest absolute Gasteiger partial charge is 0.265 e. The Labute approximate surface area is 152 Å². The number of carbonyl (C=O) groups excluding carboxylic acids is 1. The van der Waals surface area contributed by atoms with Crippen LogP contribution in [-0.2, 0) is 6.54 Å². The number of fused-ring (bicyclic) bond motifs is 3. The Morgan fingerprint density at radius 1 is 1.12 bits per heavy atom. The molecular weight excluding hydrogens is 351 g/mol. The van der Waals surface area contributed by atoms with E-state index in [1.165, 1.54) is 35.6 Å². The molecule has 0 aliphatic carbocycles. The Morgan fingerprint density at radius 2 is 1.85 bits per heavy atom. The monoisotopic (exact) mass is 366 g/mol. The molecule has 26 heavy (non-hydrogen) atoms. The summed E-state index contributed by atoms with van der Waals surface area (Å²) in [6, 6.07) is 14.9. The second-order valence-corrected chi connectivity index (χ2v) is 6.93. The topological polar surface area (TPSA) is 51.1 Å². The van der Waals surface area contributed by atoms with Crippen LogP contribution in [0.25, 0.3) is 21.0 Å². The van der Waals surface area contributed by atoms with Gasteiger partial charge in [0, 0.05) is 22.3 Å². The van der Waals surface area contributed by atoms with Crippen LogP contribution in [0.15, 0.2) is 59.4 Å². The molecule has 0 aliphatic heterocycles. The van der Waals surface area contributed by atoms with Gasteiger partial charge in [-0.2, -0.15) is 0 Å². The summed E-state index contributed by atoms with van der Waals surface area (Å²) in [6.07, 6.45) is 0. The normalized spacial score (nSPS) is 11.2. The highest BCUT2D eigenvalue weighted by molar-refractivity contribution is 7.21. The number of aromatic nitrogens is 1. The third-order valence-electron chi connectivity index (χ3n) is 4.29. The molecule has 0 fully saturated rings. The number of thiophene rings is 1. The van der Waals surface area contributed by atoms with Crippen LogP contribution in [0.2, 0.25) is 0 Å². The van der Waals surface area contributed by atoms with E-state index in [0.717, 1.165) is 15.6 Å². The fourth-order valence-electron chi connectivity index (χ4n) is 3.06. The van der Waals surface area contributed by atoms with Crippen LogP contribution >= 0.6 is 11.3 Å². The van der Waals surface area contributed by atoms with Gasteiger partial charge in [-0.15, -0.1) is 11.3 Å². The molecule has 6 heteroatoms. The van der Waals surface area contributed by atoms with E-state index in [4.69, 9.17) is 0 Å². The van der Waals surface area contributed by atoms with Gasteiger partial charge in [0.05, 0.1) is 15.8 Å². The van der Waals surface area contributed by atoms with E-state index in [1.54, 1.807) is 10.6 Å². The zero-order valence-electron chi connectivity index (χ0n) is 14.0. The average Bonchev–Trinajstić information content (AvgIpc) is 3.10. The lowest BCUT2D eigenvalue weighted by atomic mass is 10.1. The fourth-order valence-corrected chi connectivity index (χ4v) is 4.14. The van der Waals surface area contributed by atoms with Gasteiger partial charge in [-0.1, -0.05) is 18.2 Å². The Hall–Kier alpha value is -2.99. The van der Waals surface area contributed by atoms with Crippen molar-refractivity contribution in [2.45, 2.75) is 13.5 Å². The fraction of sp³-hybridized carbons (Fsp3) is 0.100. The van der Waals surface area contributed by atoms with Crippen molar-refractivity contribution < 1.29 is 9.18 Å². The number of para-hydroxylation sites is 1. The molecule has 4 aromatic rings. The predicted octanol–water partition coefficient (Wildman–Crippen LogP) is 4.63. The molecule has 1 N–H and O–H groups in total. The molecule has 1 amide bonds. The van der Waals surface area contributed by atoms with Crippen molar-refractivity contribution in [1.29, 1.82) is 0 Å². The van der Waals surface area contributed by atoms with E-state index in [1.807, 2.05) is 31.2 Å².